The number of benzene rings is 2. The number of nitrogen functional groups attached to an aromatic ring is 1. The van der Waals surface area contributed by atoms with Crippen LogP contribution in [0.15, 0.2) is 73.6 Å². The number of aromatic nitrogens is 2. The molecule has 1 aromatic heterocycles. The molecule has 3 N–H and O–H groups in total. The van der Waals surface area contributed by atoms with Crippen molar-refractivity contribution in [3.05, 3.63) is 84.7 Å². The Balaban J connectivity index is 1.44. The number of nitrogens with two attached hydrogens (primary N) is 1. The van der Waals surface area contributed by atoms with Crippen molar-refractivity contribution in [1.29, 1.82) is 0 Å². The van der Waals surface area contributed by atoms with E-state index in [2.05, 4.69) is 21.9 Å². The number of anilines is 2. The van der Waals surface area contributed by atoms with Gasteiger partial charge in [-0.15, -0.1) is 0 Å². The summed E-state index contributed by atoms with van der Waals surface area (Å²) in [5.41, 5.74) is 6.69. The molecule has 0 bridgehead atoms. The van der Waals surface area contributed by atoms with Crippen LogP contribution in [-0.2, 0) is 4.79 Å². The van der Waals surface area contributed by atoms with Gasteiger partial charge in [0.05, 0.1) is 0 Å². The van der Waals surface area contributed by atoms with Gasteiger partial charge in [0, 0.05) is 31.1 Å². The highest BCUT2D eigenvalue weighted by atomic mass is 16.5. The van der Waals surface area contributed by atoms with E-state index in [0.717, 1.165) is 0 Å². The van der Waals surface area contributed by atoms with Crippen molar-refractivity contribution in [2.75, 3.05) is 30.7 Å². The van der Waals surface area contributed by atoms with E-state index in [-0.39, 0.29) is 29.0 Å². The Hall–Kier alpha value is -4.20. The lowest BCUT2D eigenvalue weighted by molar-refractivity contribution is -0.131. The number of hydrogen-bond acceptors (Lipinski definition) is 7. The zero-order valence-corrected chi connectivity index (χ0v) is 17.4. The highest BCUT2D eigenvalue weighted by Gasteiger charge is 2.29. The standard InChI is InChI=1S/C24H23N5O3/c1-2-20(30)29-13-16(14-29)12-26-24-21(23(25)27-15-28-24)22(31)17-8-10-19(11-9-17)32-18-6-4-3-5-7-18/h2-11,15-16H,1,12-14H2,(H3,25,26,27,28). The molecular formula is C24H23N5O3. The monoisotopic (exact) mass is 429 g/mol. The summed E-state index contributed by atoms with van der Waals surface area (Å²) < 4.78 is 5.78. The summed E-state index contributed by atoms with van der Waals surface area (Å²) in [5, 5.41) is 3.19. The zero-order valence-electron chi connectivity index (χ0n) is 17.4. The second-order valence-corrected chi connectivity index (χ2v) is 7.45. The number of ketones is 1. The minimum absolute atomic E-state index is 0.0805. The minimum Gasteiger partial charge on any atom is -0.457 e. The number of likely N-dealkylation sites (tertiary alicyclic amines) is 1. The Morgan fingerprint density at radius 3 is 2.47 bits per heavy atom. The van der Waals surface area contributed by atoms with Crippen molar-refractivity contribution in [2.24, 2.45) is 5.92 Å². The van der Waals surface area contributed by atoms with Gasteiger partial charge in [0.1, 0.15) is 35.0 Å². The molecular weight excluding hydrogens is 406 g/mol. The van der Waals surface area contributed by atoms with E-state index in [9.17, 15) is 9.59 Å². The average molecular weight is 429 g/mol. The van der Waals surface area contributed by atoms with E-state index in [1.54, 1.807) is 29.2 Å². The molecule has 1 fully saturated rings. The molecule has 0 unspecified atom stereocenters. The fourth-order valence-electron chi connectivity index (χ4n) is 3.45. The Labute approximate surface area is 185 Å². The van der Waals surface area contributed by atoms with Crippen molar-refractivity contribution >= 4 is 23.3 Å². The van der Waals surface area contributed by atoms with Crippen LogP contribution in [0.4, 0.5) is 11.6 Å². The van der Waals surface area contributed by atoms with E-state index >= 15 is 0 Å². The molecule has 1 aliphatic heterocycles. The lowest BCUT2D eigenvalue weighted by atomic mass is 9.99. The molecule has 32 heavy (non-hydrogen) atoms. The number of para-hydroxylation sites is 1. The summed E-state index contributed by atoms with van der Waals surface area (Å²) in [6.07, 6.45) is 2.63. The number of nitrogens with zero attached hydrogens (tertiary/aromatic N) is 3. The molecule has 0 spiro atoms. The van der Waals surface area contributed by atoms with Crippen molar-refractivity contribution in [3.8, 4) is 11.5 Å². The predicted octanol–water partition coefficient (Wildman–Crippen LogP) is 3.14. The maximum absolute atomic E-state index is 13.2. The van der Waals surface area contributed by atoms with E-state index < -0.39 is 0 Å². The van der Waals surface area contributed by atoms with Crippen LogP contribution >= 0.6 is 0 Å². The van der Waals surface area contributed by atoms with E-state index in [1.165, 1.54) is 12.4 Å². The van der Waals surface area contributed by atoms with Crippen molar-refractivity contribution in [1.82, 2.24) is 14.9 Å². The van der Waals surface area contributed by atoms with Crippen LogP contribution < -0.4 is 15.8 Å². The van der Waals surface area contributed by atoms with Crippen molar-refractivity contribution in [2.45, 2.75) is 0 Å². The van der Waals surface area contributed by atoms with Gasteiger partial charge in [0.2, 0.25) is 5.91 Å². The summed E-state index contributed by atoms with van der Waals surface area (Å²) in [5.74, 6) is 1.70. The fraction of sp³-hybridized carbons (Fsp3) is 0.167. The molecule has 1 amide bonds. The van der Waals surface area contributed by atoms with Crippen LogP contribution in [0, 0.1) is 5.92 Å². The van der Waals surface area contributed by atoms with E-state index in [0.29, 0.717) is 42.5 Å². The number of nitrogens with one attached hydrogen (secondary N) is 1. The van der Waals surface area contributed by atoms with E-state index in [4.69, 9.17) is 10.5 Å². The highest BCUT2D eigenvalue weighted by Crippen LogP contribution is 2.26. The Morgan fingerprint density at radius 2 is 1.78 bits per heavy atom. The Bertz CT molecular complexity index is 1130. The molecule has 0 radical (unpaired) electrons. The maximum atomic E-state index is 13.2. The summed E-state index contributed by atoms with van der Waals surface area (Å²) in [6.45, 7) is 5.31. The summed E-state index contributed by atoms with van der Waals surface area (Å²) in [7, 11) is 0. The number of ether oxygens (including phenoxy) is 1. The van der Waals surface area contributed by atoms with E-state index in [1.807, 2.05) is 30.3 Å². The minimum atomic E-state index is -0.283. The summed E-state index contributed by atoms with van der Waals surface area (Å²) in [4.78, 5) is 34.7. The molecule has 1 saturated heterocycles. The molecule has 1 aliphatic rings. The quantitative estimate of drug-likeness (QED) is 0.418. The van der Waals surface area contributed by atoms with Crippen LogP contribution in [0.25, 0.3) is 0 Å². The number of carbonyl (C=O) groups excluding carboxylic acids is 2. The van der Waals surface area contributed by atoms with Crippen LogP contribution in [0.3, 0.4) is 0 Å². The first-order chi connectivity index (χ1) is 15.5. The van der Waals surface area contributed by atoms with Gasteiger partial charge in [0.25, 0.3) is 0 Å². The third-order valence-electron chi connectivity index (χ3n) is 5.20. The zero-order chi connectivity index (χ0) is 22.5. The number of rotatable bonds is 8. The summed E-state index contributed by atoms with van der Waals surface area (Å²) >= 11 is 0. The number of carbonyl (C=O) groups is 2. The number of amides is 1. The van der Waals surface area contributed by atoms with Gasteiger partial charge in [-0.05, 0) is 42.5 Å². The van der Waals surface area contributed by atoms with Crippen molar-refractivity contribution < 1.29 is 14.3 Å². The van der Waals surface area contributed by atoms with Gasteiger partial charge in [0.15, 0.2) is 5.78 Å². The first-order valence-corrected chi connectivity index (χ1v) is 10.2. The van der Waals surface area contributed by atoms with Crippen LogP contribution in [0.5, 0.6) is 11.5 Å². The van der Waals surface area contributed by atoms with Crippen molar-refractivity contribution in [3.63, 3.8) is 0 Å². The van der Waals surface area contributed by atoms with Gasteiger partial charge < -0.3 is 20.7 Å². The average Bonchev–Trinajstić information content (AvgIpc) is 2.78. The molecule has 0 atom stereocenters. The lowest BCUT2D eigenvalue weighted by Gasteiger charge is -2.38. The Kier molecular flexibility index (Phi) is 6.12. The molecule has 162 valence electrons. The molecule has 2 aromatic carbocycles. The van der Waals surface area contributed by atoms with Gasteiger partial charge in [-0.2, -0.15) is 0 Å². The smallest absolute Gasteiger partial charge is 0.245 e. The van der Waals surface area contributed by atoms with Gasteiger partial charge >= 0.3 is 0 Å². The van der Waals surface area contributed by atoms with Gasteiger partial charge in [-0.3, -0.25) is 9.59 Å². The Morgan fingerprint density at radius 1 is 1.09 bits per heavy atom. The maximum Gasteiger partial charge on any atom is 0.245 e. The third kappa shape index (κ3) is 4.59. The van der Waals surface area contributed by atoms with Gasteiger partial charge in [-0.25, -0.2) is 9.97 Å². The van der Waals surface area contributed by atoms with Crippen LogP contribution in [0.2, 0.25) is 0 Å². The first-order valence-electron chi connectivity index (χ1n) is 10.2. The molecule has 0 aliphatic carbocycles. The normalized spacial score (nSPS) is 13.2. The third-order valence-corrected chi connectivity index (χ3v) is 5.20. The molecule has 2 heterocycles. The molecule has 8 heteroatoms. The SMILES string of the molecule is C=CC(=O)N1CC(CNc2ncnc(N)c2C(=O)c2ccc(Oc3ccccc3)cc2)C1. The number of hydrogen-bond donors (Lipinski definition) is 2. The van der Waals surface area contributed by atoms with Crippen LogP contribution in [0.1, 0.15) is 15.9 Å². The second kappa shape index (κ2) is 9.30. The second-order valence-electron chi connectivity index (χ2n) is 7.45. The molecule has 3 aromatic rings. The topological polar surface area (TPSA) is 110 Å². The lowest BCUT2D eigenvalue weighted by Crippen LogP contribution is -2.51. The largest absolute Gasteiger partial charge is 0.457 e. The predicted molar refractivity (Wildman–Crippen MR) is 122 cm³/mol. The molecule has 8 nitrogen and oxygen atoms in total. The van der Waals surface area contributed by atoms with Crippen LogP contribution in [-0.4, -0.2) is 46.2 Å². The van der Waals surface area contributed by atoms with Gasteiger partial charge in [-0.1, -0.05) is 24.8 Å². The highest BCUT2D eigenvalue weighted by molar-refractivity contribution is 6.14. The molecule has 4 rings (SSSR count). The summed E-state index contributed by atoms with van der Waals surface area (Å²) in [6, 6.07) is 16.2. The first kappa shape index (κ1) is 21.0. The fourth-order valence-corrected chi connectivity index (χ4v) is 3.45. The molecule has 0 saturated carbocycles.